The van der Waals surface area contributed by atoms with Gasteiger partial charge in [-0.1, -0.05) is 24.3 Å². The van der Waals surface area contributed by atoms with E-state index in [-0.39, 0.29) is 18.4 Å². The largest absolute Gasteiger partial charge is 0.493 e. The molecule has 1 saturated heterocycles. The summed E-state index contributed by atoms with van der Waals surface area (Å²) in [5.41, 5.74) is 2.01. The fraction of sp³-hybridized carbons (Fsp3) is 0.333. The number of carbonyl (C=O) groups is 1. The Labute approximate surface area is 158 Å². The number of ether oxygens (including phenoxy) is 2. The van der Waals surface area contributed by atoms with Crippen LogP contribution >= 0.6 is 0 Å². The molecule has 6 heteroatoms. The molecule has 6 nitrogen and oxygen atoms in total. The maximum Gasteiger partial charge on any atom is 0.260 e. The number of hydrogen-bond donors (Lipinski definition) is 1. The zero-order valence-electron chi connectivity index (χ0n) is 15.4. The van der Waals surface area contributed by atoms with Gasteiger partial charge < -0.3 is 19.4 Å². The van der Waals surface area contributed by atoms with Crippen molar-refractivity contribution in [3.8, 4) is 11.5 Å². The number of likely N-dealkylation sites (tertiary alicyclic amines) is 1. The second kappa shape index (κ2) is 7.70. The lowest BCUT2D eigenvalue weighted by Crippen LogP contribution is -2.41. The minimum atomic E-state index is -0.0123. The summed E-state index contributed by atoms with van der Waals surface area (Å²) >= 11 is 0. The van der Waals surface area contributed by atoms with Gasteiger partial charge in [0.25, 0.3) is 5.91 Å². The zero-order chi connectivity index (χ0) is 18.6. The van der Waals surface area contributed by atoms with Crippen molar-refractivity contribution in [2.45, 2.75) is 18.8 Å². The first kappa shape index (κ1) is 17.4. The van der Waals surface area contributed by atoms with Crippen LogP contribution in [0.1, 0.15) is 24.6 Å². The average Bonchev–Trinajstić information content (AvgIpc) is 3.16. The summed E-state index contributed by atoms with van der Waals surface area (Å²) in [7, 11) is 1.59. The van der Waals surface area contributed by atoms with Crippen molar-refractivity contribution in [2.75, 3.05) is 26.8 Å². The van der Waals surface area contributed by atoms with Crippen LogP contribution in [0, 0.1) is 0 Å². The number of imidazole rings is 1. The van der Waals surface area contributed by atoms with E-state index in [2.05, 4.69) is 4.98 Å². The molecule has 0 bridgehead atoms. The number of para-hydroxylation sites is 4. The first-order chi connectivity index (χ1) is 13.2. The third kappa shape index (κ3) is 3.74. The van der Waals surface area contributed by atoms with Crippen LogP contribution in [0.15, 0.2) is 48.5 Å². The van der Waals surface area contributed by atoms with Gasteiger partial charge in [-0.05, 0) is 37.1 Å². The SMILES string of the molecule is COc1ccccc1OCC(=O)N1CCC[C@H](c2nc3ccccc3[nH]2)C1. The molecule has 1 aromatic heterocycles. The van der Waals surface area contributed by atoms with E-state index in [1.54, 1.807) is 13.2 Å². The number of aromatic nitrogens is 2. The number of fused-ring (bicyclic) bond motifs is 1. The summed E-state index contributed by atoms with van der Waals surface area (Å²) in [6.45, 7) is 1.42. The molecule has 0 unspecified atom stereocenters. The molecule has 140 valence electrons. The highest BCUT2D eigenvalue weighted by Gasteiger charge is 2.27. The molecule has 0 saturated carbocycles. The van der Waals surface area contributed by atoms with Gasteiger partial charge in [-0.3, -0.25) is 4.79 Å². The number of H-pyrrole nitrogens is 1. The Kier molecular flexibility index (Phi) is 4.96. The van der Waals surface area contributed by atoms with E-state index in [1.165, 1.54) is 0 Å². The molecule has 1 N–H and O–H groups in total. The first-order valence-corrected chi connectivity index (χ1v) is 9.23. The Morgan fingerprint density at radius 3 is 2.78 bits per heavy atom. The molecule has 1 atom stereocenters. The summed E-state index contributed by atoms with van der Waals surface area (Å²) in [5.74, 6) is 2.38. The molecule has 1 aliphatic rings. The highest BCUT2D eigenvalue weighted by atomic mass is 16.5. The van der Waals surface area contributed by atoms with Crippen molar-refractivity contribution in [3.63, 3.8) is 0 Å². The summed E-state index contributed by atoms with van der Waals surface area (Å²) < 4.78 is 11.0. The Hall–Kier alpha value is -3.02. The van der Waals surface area contributed by atoms with Gasteiger partial charge in [0.15, 0.2) is 18.1 Å². The molecule has 1 amide bonds. The number of aromatic amines is 1. The van der Waals surface area contributed by atoms with Gasteiger partial charge in [0.05, 0.1) is 18.1 Å². The van der Waals surface area contributed by atoms with Gasteiger partial charge in [-0.15, -0.1) is 0 Å². The van der Waals surface area contributed by atoms with Crippen molar-refractivity contribution in [1.82, 2.24) is 14.9 Å². The third-order valence-corrected chi connectivity index (χ3v) is 4.99. The standard InChI is InChI=1S/C21H23N3O3/c1-26-18-10-4-5-11-19(18)27-14-20(25)24-12-6-7-15(13-24)21-22-16-8-2-3-9-17(16)23-21/h2-5,8-11,15H,6-7,12-14H2,1H3,(H,22,23)/t15-/m0/s1. The molecular weight excluding hydrogens is 342 g/mol. The number of amides is 1. The Morgan fingerprint density at radius 1 is 1.19 bits per heavy atom. The molecule has 0 radical (unpaired) electrons. The smallest absolute Gasteiger partial charge is 0.260 e. The molecule has 4 rings (SSSR count). The van der Waals surface area contributed by atoms with E-state index in [4.69, 9.17) is 14.5 Å². The van der Waals surface area contributed by atoms with Gasteiger partial charge in [0, 0.05) is 19.0 Å². The van der Waals surface area contributed by atoms with Gasteiger partial charge in [0.1, 0.15) is 5.82 Å². The molecule has 0 aliphatic carbocycles. The van der Waals surface area contributed by atoms with Crippen LogP contribution in [0.3, 0.4) is 0 Å². The van der Waals surface area contributed by atoms with Gasteiger partial charge in [-0.25, -0.2) is 4.98 Å². The number of methoxy groups -OCH3 is 1. The predicted molar refractivity (Wildman–Crippen MR) is 103 cm³/mol. The van der Waals surface area contributed by atoms with Crippen LogP contribution in [0.5, 0.6) is 11.5 Å². The lowest BCUT2D eigenvalue weighted by atomic mass is 9.97. The third-order valence-electron chi connectivity index (χ3n) is 4.99. The Morgan fingerprint density at radius 2 is 1.96 bits per heavy atom. The summed E-state index contributed by atoms with van der Waals surface area (Å²) in [6.07, 6.45) is 1.99. The zero-order valence-corrected chi connectivity index (χ0v) is 15.4. The monoisotopic (exact) mass is 365 g/mol. The second-order valence-corrected chi connectivity index (χ2v) is 6.76. The van der Waals surface area contributed by atoms with Crippen molar-refractivity contribution in [2.24, 2.45) is 0 Å². The first-order valence-electron chi connectivity index (χ1n) is 9.23. The minimum absolute atomic E-state index is 0.00717. The number of piperidine rings is 1. The average molecular weight is 365 g/mol. The molecular formula is C21H23N3O3. The topological polar surface area (TPSA) is 67.5 Å². The normalized spacial score (nSPS) is 17.1. The fourth-order valence-corrected chi connectivity index (χ4v) is 3.56. The predicted octanol–water partition coefficient (Wildman–Crippen LogP) is 3.36. The lowest BCUT2D eigenvalue weighted by molar-refractivity contribution is -0.134. The van der Waals surface area contributed by atoms with E-state index in [0.29, 0.717) is 18.0 Å². The van der Waals surface area contributed by atoms with E-state index in [9.17, 15) is 4.79 Å². The minimum Gasteiger partial charge on any atom is -0.493 e. The quantitative estimate of drug-likeness (QED) is 0.753. The van der Waals surface area contributed by atoms with E-state index < -0.39 is 0 Å². The number of benzene rings is 2. The number of hydrogen-bond acceptors (Lipinski definition) is 4. The Balaban J connectivity index is 1.40. The summed E-state index contributed by atoms with van der Waals surface area (Å²) in [4.78, 5) is 22.6. The summed E-state index contributed by atoms with van der Waals surface area (Å²) in [6, 6.07) is 15.4. The van der Waals surface area contributed by atoms with E-state index in [1.807, 2.05) is 47.4 Å². The summed E-state index contributed by atoms with van der Waals surface area (Å²) in [5, 5.41) is 0. The highest BCUT2D eigenvalue weighted by Crippen LogP contribution is 2.28. The number of carbonyl (C=O) groups excluding carboxylic acids is 1. The molecule has 27 heavy (non-hydrogen) atoms. The van der Waals surface area contributed by atoms with Crippen molar-refractivity contribution >= 4 is 16.9 Å². The van der Waals surface area contributed by atoms with Crippen LogP contribution < -0.4 is 9.47 Å². The molecule has 3 aromatic rings. The molecule has 2 aromatic carbocycles. The molecule has 0 spiro atoms. The highest BCUT2D eigenvalue weighted by molar-refractivity contribution is 5.78. The van der Waals surface area contributed by atoms with Crippen LogP contribution in [-0.2, 0) is 4.79 Å². The Bertz CT molecular complexity index is 904. The van der Waals surface area contributed by atoms with Crippen molar-refractivity contribution in [1.29, 1.82) is 0 Å². The van der Waals surface area contributed by atoms with Crippen LogP contribution in [0.2, 0.25) is 0 Å². The van der Waals surface area contributed by atoms with Gasteiger partial charge in [-0.2, -0.15) is 0 Å². The molecule has 2 heterocycles. The van der Waals surface area contributed by atoms with Crippen LogP contribution in [0.25, 0.3) is 11.0 Å². The van der Waals surface area contributed by atoms with Crippen LogP contribution in [0.4, 0.5) is 0 Å². The molecule has 1 fully saturated rings. The van der Waals surface area contributed by atoms with Crippen LogP contribution in [-0.4, -0.2) is 47.6 Å². The van der Waals surface area contributed by atoms with Gasteiger partial charge >= 0.3 is 0 Å². The maximum atomic E-state index is 12.6. The van der Waals surface area contributed by atoms with Crippen molar-refractivity contribution < 1.29 is 14.3 Å². The van der Waals surface area contributed by atoms with Crippen molar-refractivity contribution in [3.05, 3.63) is 54.4 Å². The van der Waals surface area contributed by atoms with Gasteiger partial charge in [0.2, 0.25) is 0 Å². The number of rotatable bonds is 5. The lowest BCUT2D eigenvalue weighted by Gasteiger charge is -2.31. The van der Waals surface area contributed by atoms with E-state index in [0.717, 1.165) is 36.2 Å². The molecule has 1 aliphatic heterocycles. The number of nitrogens with one attached hydrogen (secondary N) is 1. The van der Waals surface area contributed by atoms with E-state index >= 15 is 0 Å². The number of nitrogens with zero attached hydrogens (tertiary/aromatic N) is 2. The fourth-order valence-electron chi connectivity index (χ4n) is 3.56. The maximum absolute atomic E-state index is 12.6. The second-order valence-electron chi connectivity index (χ2n) is 6.76.